The van der Waals surface area contributed by atoms with E-state index < -0.39 is 33.2 Å². The van der Waals surface area contributed by atoms with Gasteiger partial charge in [0, 0.05) is 49.6 Å². The molecule has 2 amide bonds. The molecule has 1 N–H and O–H groups in total. The summed E-state index contributed by atoms with van der Waals surface area (Å²) in [6.07, 6.45) is 0.0277. The number of nitrogens with one attached hydrogen (secondary N) is 1. The Morgan fingerprint density at radius 3 is 2.16 bits per heavy atom. The second-order valence-corrected chi connectivity index (χ2v) is 12.4. The first-order chi connectivity index (χ1) is 17.9. The minimum absolute atomic E-state index is 0.0193. The number of carbonyl (C=O) groups is 2. The maximum atomic E-state index is 12.9. The molecule has 0 saturated carbocycles. The number of hydrogen-bond donors (Lipinski definition) is 1. The second-order valence-electron chi connectivity index (χ2n) is 10.2. The van der Waals surface area contributed by atoms with Gasteiger partial charge in [-0.05, 0) is 55.5 Å². The first-order valence-corrected chi connectivity index (χ1v) is 14.7. The van der Waals surface area contributed by atoms with Gasteiger partial charge >= 0.3 is 6.18 Å². The average Bonchev–Trinajstić information content (AvgIpc) is 3.08. The van der Waals surface area contributed by atoms with Gasteiger partial charge in [-0.15, -0.1) is 0 Å². The van der Waals surface area contributed by atoms with Crippen molar-refractivity contribution < 1.29 is 31.2 Å². The Kier molecular flexibility index (Phi) is 8.46. The van der Waals surface area contributed by atoms with Gasteiger partial charge in [-0.3, -0.25) is 14.5 Å². The van der Waals surface area contributed by atoms with Crippen LogP contribution in [0.5, 0.6) is 0 Å². The monoisotopic (exact) mass is 551 g/mol. The van der Waals surface area contributed by atoms with Crippen molar-refractivity contribution in [2.75, 3.05) is 25.1 Å². The van der Waals surface area contributed by atoms with Gasteiger partial charge < -0.3 is 10.2 Å². The lowest BCUT2D eigenvalue weighted by Crippen LogP contribution is -2.52. The topological polar surface area (TPSA) is 86.8 Å². The van der Waals surface area contributed by atoms with Gasteiger partial charge in [0.15, 0.2) is 9.84 Å². The summed E-state index contributed by atoms with van der Waals surface area (Å²) >= 11 is 0. The molecule has 2 aliphatic rings. The van der Waals surface area contributed by atoms with Crippen LogP contribution in [-0.2, 0) is 27.4 Å². The highest BCUT2D eigenvalue weighted by atomic mass is 32.2. The number of piperidine rings is 1. The van der Waals surface area contributed by atoms with E-state index in [1.54, 1.807) is 12.1 Å². The molecule has 4 rings (SSSR count). The van der Waals surface area contributed by atoms with E-state index in [1.165, 1.54) is 17.0 Å². The van der Waals surface area contributed by atoms with Crippen LogP contribution >= 0.6 is 0 Å². The van der Waals surface area contributed by atoms with E-state index in [0.717, 1.165) is 44.1 Å². The van der Waals surface area contributed by atoms with Crippen LogP contribution in [0, 0.1) is 0 Å². The fourth-order valence-electron chi connectivity index (χ4n) is 5.48. The van der Waals surface area contributed by atoms with Crippen molar-refractivity contribution in [3.63, 3.8) is 0 Å². The van der Waals surface area contributed by atoms with Crippen molar-refractivity contribution in [1.29, 1.82) is 0 Å². The number of hydrogen-bond acceptors (Lipinski definition) is 5. The Labute approximate surface area is 220 Å². The second kappa shape index (κ2) is 11.4. The summed E-state index contributed by atoms with van der Waals surface area (Å²) in [5, 5.41) is 3.14. The fourth-order valence-corrected chi connectivity index (χ4v) is 6.11. The van der Waals surface area contributed by atoms with E-state index in [2.05, 4.69) is 10.2 Å². The summed E-state index contributed by atoms with van der Waals surface area (Å²) < 4.78 is 62.3. The van der Waals surface area contributed by atoms with Gasteiger partial charge in [-0.25, -0.2) is 8.42 Å². The minimum atomic E-state index is -4.46. The third-order valence-corrected chi connectivity index (χ3v) is 8.05. The van der Waals surface area contributed by atoms with Crippen LogP contribution in [0.15, 0.2) is 54.6 Å². The molecule has 0 radical (unpaired) electrons. The Hall–Kier alpha value is -2.92. The maximum absolute atomic E-state index is 12.9. The van der Waals surface area contributed by atoms with E-state index in [0.29, 0.717) is 17.7 Å². The molecule has 2 fully saturated rings. The van der Waals surface area contributed by atoms with Gasteiger partial charge in [0.25, 0.3) is 5.91 Å². The first-order valence-electron chi connectivity index (χ1n) is 12.6. The zero-order chi connectivity index (χ0) is 27.5. The fraction of sp³-hybridized carbons (Fsp3) is 0.481. The zero-order valence-electron chi connectivity index (χ0n) is 21.2. The highest BCUT2D eigenvalue weighted by Gasteiger charge is 2.41. The molecule has 2 aromatic rings. The molecule has 0 aliphatic carbocycles. The molecule has 2 heterocycles. The van der Waals surface area contributed by atoms with Crippen molar-refractivity contribution >= 4 is 21.7 Å². The Morgan fingerprint density at radius 1 is 1.00 bits per heavy atom. The van der Waals surface area contributed by atoms with Gasteiger partial charge in [-0.2, -0.15) is 13.2 Å². The Morgan fingerprint density at radius 2 is 1.61 bits per heavy atom. The van der Waals surface area contributed by atoms with Crippen LogP contribution in [0.1, 0.15) is 47.2 Å². The molecular weight excluding hydrogens is 519 g/mol. The molecule has 38 heavy (non-hydrogen) atoms. The molecule has 7 nitrogen and oxygen atoms in total. The number of fused-ring (bicyclic) bond motifs is 2. The van der Waals surface area contributed by atoms with E-state index >= 15 is 0 Å². The summed E-state index contributed by atoms with van der Waals surface area (Å²) in [5.41, 5.74) is 0.324. The summed E-state index contributed by atoms with van der Waals surface area (Å²) in [4.78, 5) is 29.2. The minimum Gasteiger partial charge on any atom is -0.349 e. The van der Waals surface area contributed by atoms with Gasteiger partial charge in [0.2, 0.25) is 5.91 Å². The smallest absolute Gasteiger partial charge is 0.349 e. The molecule has 2 unspecified atom stereocenters. The predicted octanol–water partition coefficient (Wildman–Crippen LogP) is 3.50. The predicted molar refractivity (Wildman–Crippen MR) is 137 cm³/mol. The number of carbonyl (C=O) groups excluding carboxylic acids is 2. The van der Waals surface area contributed by atoms with Crippen molar-refractivity contribution in [1.82, 2.24) is 15.1 Å². The standard InChI is InChI=1S/C27H32F3N3O4S/c1-38(36,37)18-25(34)32(17-19-7-9-21(10-8-19)27(28,29)30)13-14-33-23-11-12-24(33)16-22(15-23)31-26(35)20-5-3-2-4-6-20/h2-10,22-24H,11-18H2,1H3,(H,31,35). The molecule has 206 valence electrons. The van der Waals surface area contributed by atoms with E-state index in [4.69, 9.17) is 0 Å². The summed E-state index contributed by atoms with van der Waals surface area (Å²) in [6, 6.07) is 14.1. The summed E-state index contributed by atoms with van der Waals surface area (Å²) in [7, 11) is -3.57. The quantitative estimate of drug-likeness (QED) is 0.516. The van der Waals surface area contributed by atoms with Crippen molar-refractivity contribution in [2.24, 2.45) is 0 Å². The molecule has 11 heteroatoms. The Balaban J connectivity index is 1.39. The van der Waals surface area contributed by atoms with Crippen molar-refractivity contribution in [3.05, 3.63) is 71.3 Å². The first kappa shape index (κ1) is 28.1. The molecule has 2 aromatic carbocycles. The number of alkyl halides is 3. The third-order valence-electron chi connectivity index (χ3n) is 7.28. The number of sulfone groups is 1. The summed E-state index contributed by atoms with van der Waals surface area (Å²) in [6.45, 7) is 0.791. The van der Waals surface area contributed by atoms with E-state index in [-0.39, 0.29) is 37.1 Å². The molecule has 2 bridgehead atoms. The largest absolute Gasteiger partial charge is 0.416 e. The molecule has 0 spiro atoms. The molecule has 2 atom stereocenters. The lowest BCUT2D eigenvalue weighted by molar-refractivity contribution is -0.137. The molecule has 0 aromatic heterocycles. The van der Waals surface area contributed by atoms with Crippen molar-refractivity contribution in [3.8, 4) is 0 Å². The van der Waals surface area contributed by atoms with Crippen LogP contribution in [0.4, 0.5) is 13.2 Å². The number of rotatable bonds is 9. The number of nitrogens with zero attached hydrogens (tertiary/aromatic N) is 2. The summed E-state index contributed by atoms with van der Waals surface area (Å²) in [5.74, 6) is -1.34. The van der Waals surface area contributed by atoms with Gasteiger partial charge in [0.1, 0.15) is 5.75 Å². The zero-order valence-corrected chi connectivity index (χ0v) is 22.0. The highest BCUT2D eigenvalue weighted by Crippen LogP contribution is 2.36. The molecule has 2 saturated heterocycles. The number of amides is 2. The maximum Gasteiger partial charge on any atom is 0.416 e. The van der Waals surface area contributed by atoms with Crippen molar-refractivity contribution in [2.45, 2.75) is 56.5 Å². The van der Waals surface area contributed by atoms with E-state index in [1.807, 2.05) is 18.2 Å². The van der Waals surface area contributed by atoms with Crippen LogP contribution in [0.2, 0.25) is 0 Å². The highest BCUT2D eigenvalue weighted by molar-refractivity contribution is 7.91. The molecular formula is C27H32F3N3O4S. The third kappa shape index (κ3) is 7.35. The normalized spacial score (nSPS) is 21.7. The SMILES string of the molecule is CS(=O)(=O)CC(=O)N(CCN1C2CCC1CC(NC(=O)c1ccccc1)C2)Cc1ccc(C(F)(F)F)cc1. The number of halogens is 3. The van der Waals surface area contributed by atoms with Gasteiger partial charge in [0.05, 0.1) is 5.56 Å². The lowest BCUT2D eigenvalue weighted by Gasteiger charge is -2.40. The van der Waals surface area contributed by atoms with Gasteiger partial charge in [-0.1, -0.05) is 30.3 Å². The van der Waals surface area contributed by atoms with Crippen LogP contribution in [0.25, 0.3) is 0 Å². The van der Waals surface area contributed by atoms with Crippen LogP contribution < -0.4 is 5.32 Å². The molecule has 2 aliphatic heterocycles. The van der Waals surface area contributed by atoms with Crippen LogP contribution in [-0.4, -0.2) is 73.3 Å². The van der Waals surface area contributed by atoms with E-state index in [9.17, 15) is 31.2 Å². The lowest BCUT2D eigenvalue weighted by atomic mass is 9.97. The average molecular weight is 552 g/mol. The van der Waals surface area contributed by atoms with Crippen LogP contribution in [0.3, 0.4) is 0 Å². The number of benzene rings is 2. The Bertz CT molecular complexity index is 1220.